The molecule has 1 aromatic carbocycles. The first-order valence-corrected chi connectivity index (χ1v) is 8.13. The third-order valence-electron chi connectivity index (χ3n) is 2.47. The van der Waals surface area contributed by atoms with Crippen LogP contribution in [0.1, 0.15) is 23.4 Å². The van der Waals surface area contributed by atoms with E-state index in [1.165, 1.54) is 17.8 Å². The molecule has 1 aromatic heterocycles. The Bertz CT molecular complexity index is 498. The maximum Gasteiger partial charge on any atom is 0.0702 e. The summed E-state index contributed by atoms with van der Waals surface area (Å²) in [5.74, 6) is 0. The highest BCUT2D eigenvalue weighted by molar-refractivity contribution is 14.1. The van der Waals surface area contributed by atoms with Crippen molar-refractivity contribution < 1.29 is 0 Å². The summed E-state index contributed by atoms with van der Waals surface area (Å²) in [6.07, 6.45) is 0. The van der Waals surface area contributed by atoms with Gasteiger partial charge in [0.15, 0.2) is 0 Å². The van der Waals surface area contributed by atoms with Crippen LogP contribution in [0.4, 0.5) is 0 Å². The van der Waals surface area contributed by atoms with Gasteiger partial charge in [-0.15, -0.1) is 11.3 Å². The molecule has 1 atom stereocenters. The number of thiophene rings is 1. The van der Waals surface area contributed by atoms with Crippen LogP contribution in [0.15, 0.2) is 40.2 Å². The van der Waals surface area contributed by atoms with Crippen LogP contribution in [-0.2, 0) is 0 Å². The molecular formula is C13H13BrINS. The number of hydrogen-bond acceptors (Lipinski definition) is 2. The summed E-state index contributed by atoms with van der Waals surface area (Å²) < 4.78 is 2.46. The molecule has 0 bridgehead atoms. The molecule has 90 valence electrons. The van der Waals surface area contributed by atoms with Gasteiger partial charge in [0, 0.05) is 8.45 Å². The maximum absolute atomic E-state index is 3.54. The fraction of sp³-hybridized carbons (Fsp3) is 0.231. The first-order valence-electron chi connectivity index (χ1n) is 5.44. The molecule has 4 heteroatoms. The Balaban J connectivity index is 2.35. The van der Waals surface area contributed by atoms with E-state index in [0.29, 0.717) is 6.04 Å². The lowest BCUT2D eigenvalue weighted by Crippen LogP contribution is -2.21. The van der Waals surface area contributed by atoms with Crippen LogP contribution < -0.4 is 5.32 Å². The highest BCUT2D eigenvalue weighted by Gasteiger charge is 2.14. The number of hydrogen-bond donors (Lipinski definition) is 1. The predicted octanol–water partition coefficient (Wildman–Crippen LogP) is 4.81. The highest BCUT2D eigenvalue weighted by Crippen LogP contribution is 2.31. The lowest BCUT2D eigenvalue weighted by Gasteiger charge is -2.17. The Morgan fingerprint density at radius 3 is 2.76 bits per heavy atom. The van der Waals surface area contributed by atoms with Crippen LogP contribution >= 0.6 is 49.9 Å². The van der Waals surface area contributed by atoms with Crippen molar-refractivity contribution in [2.75, 3.05) is 6.54 Å². The average molecular weight is 422 g/mol. The van der Waals surface area contributed by atoms with Gasteiger partial charge in [-0.25, -0.2) is 0 Å². The first kappa shape index (κ1) is 13.5. The molecule has 2 rings (SSSR count). The van der Waals surface area contributed by atoms with Crippen LogP contribution in [0.5, 0.6) is 0 Å². The second kappa shape index (κ2) is 6.31. The van der Waals surface area contributed by atoms with Crippen LogP contribution in [-0.4, -0.2) is 6.54 Å². The van der Waals surface area contributed by atoms with Gasteiger partial charge in [0.05, 0.1) is 9.83 Å². The standard InChI is InChI=1S/C13H13BrINS/c1-2-16-13(11-6-7-12(14)17-11)9-4-3-5-10(15)8-9/h3-8,13,16H,2H2,1H3. The molecule has 0 aliphatic carbocycles. The van der Waals surface area contributed by atoms with Gasteiger partial charge in [-0.3, -0.25) is 0 Å². The molecule has 0 amide bonds. The van der Waals surface area contributed by atoms with E-state index in [2.05, 4.69) is 87.2 Å². The van der Waals surface area contributed by atoms with E-state index in [0.717, 1.165) is 6.54 Å². The Labute approximate surface area is 128 Å². The predicted molar refractivity (Wildman–Crippen MR) is 86.7 cm³/mol. The fourth-order valence-electron chi connectivity index (χ4n) is 1.76. The van der Waals surface area contributed by atoms with E-state index in [4.69, 9.17) is 0 Å². The van der Waals surface area contributed by atoms with Crippen molar-refractivity contribution in [1.82, 2.24) is 5.32 Å². The molecule has 1 heterocycles. The van der Waals surface area contributed by atoms with Crippen molar-refractivity contribution in [3.05, 3.63) is 54.2 Å². The number of rotatable bonds is 4. The average Bonchev–Trinajstić information content (AvgIpc) is 2.72. The second-order valence-corrected chi connectivity index (χ2v) is 7.43. The fourth-order valence-corrected chi connectivity index (χ4v) is 3.85. The van der Waals surface area contributed by atoms with E-state index in [1.54, 1.807) is 11.3 Å². The Hall–Kier alpha value is 0.0900. The Kier molecular flexibility index (Phi) is 5.02. The molecule has 17 heavy (non-hydrogen) atoms. The molecular weight excluding hydrogens is 409 g/mol. The quantitative estimate of drug-likeness (QED) is 0.698. The lowest BCUT2D eigenvalue weighted by molar-refractivity contribution is 0.639. The van der Waals surface area contributed by atoms with Crippen molar-refractivity contribution in [2.45, 2.75) is 13.0 Å². The molecule has 0 spiro atoms. The SMILES string of the molecule is CCNC(c1cccc(I)c1)c1ccc(Br)s1. The monoisotopic (exact) mass is 421 g/mol. The minimum atomic E-state index is 0.297. The van der Waals surface area contributed by atoms with Gasteiger partial charge in [-0.05, 0) is 74.9 Å². The summed E-state index contributed by atoms with van der Waals surface area (Å²) >= 11 is 7.67. The lowest BCUT2D eigenvalue weighted by atomic mass is 10.1. The zero-order valence-corrected chi connectivity index (χ0v) is 14.0. The summed E-state index contributed by atoms with van der Waals surface area (Å²) in [7, 11) is 0. The smallest absolute Gasteiger partial charge is 0.0702 e. The Morgan fingerprint density at radius 2 is 2.18 bits per heavy atom. The van der Waals surface area contributed by atoms with E-state index in [9.17, 15) is 0 Å². The molecule has 2 aromatic rings. The molecule has 0 fully saturated rings. The van der Waals surface area contributed by atoms with E-state index in [1.807, 2.05) is 0 Å². The van der Waals surface area contributed by atoms with Gasteiger partial charge in [-0.2, -0.15) is 0 Å². The van der Waals surface area contributed by atoms with Gasteiger partial charge in [0.2, 0.25) is 0 Å². The molecule has 1 nitrogen and oxygen atoms in total. The minimum Gasteiger partial charge on any atom is -0.306 e. The van der Waals surface area contributed by atoms with Crippen molar-refractivity contribution in [3.63, 3.8) is 0 Å². The van der Waals surface area contributed by atoms with Crippen LogP contribution in [0.25, 0.3) is 0 Å². The zero-order chi connectivity index (χ0) is 12.3. The topological polar surface area (TPSA) is 12.0 Å². The van der Waals surface area contributed by atoms with Crippen molar-refractivity contribution in [3.8, 4) is 0 Å². The van der Waals surface area contributed by atoms with Gasteiger partial charge < -0.3 is 5.32 Å². The number of benzene rings is 1. The molecule has 1 N–H and O–H groups in total. The van der Waals surface area contributed by atoms with E-state index < -0.39 is 0 Å². The van der Waals surface area contributed by atoms with E-state index >= 15 is 0 Å². The molecule has 0 saturated carbocycles. The summed E-state index contributed by atoms with van der Waals surface area (Å²) in [6.45, 7) is 3.11. The summed E-state index contributed by atoms with van der Waals surface area (Å²) in [6, 6.07) is 13.2. The highest BCUT2D eigenvalue weighted by atomic mass is 127. The third-order valence-corrected chi connectivity index (χ3v) is 4.83. The summed E-state index contributed by atoms with van der Waals surface area (Å²) in [4.78, 5) is 1.35. The molecule has 0 radical (unpaired) electrons. The molecule has 0 saturated heterocycles. The van der Waals surface area contributed by atoms with Gasteiger partial charge in [0.1, 0.15) is 0 Å². The summed E-state index contributed by atoms with van der Waals surface area (Å²) in [5, 5.41) is 3.54. The zero-order valence-electron chi connectivity index (χ0n) is 9.41. The van der Waals surface area contributed by atoms with Gasteiger partial charge in [-0.1, -0.05) is 19.1 Å². The van der Waals surface area contributed by atoms with Crippen LogP contribution in [0.2, 0.25) is 0 Å². The largest absolute Gasteiger partial charge is 0.306 e. The van der Waals surface area contributed by atoms with Crippen molar-refractivity contribution in [2.24, 2.45) is 0 Å². The molecule has 0 aliphatic heterocycles. The minimum absolute atomic E-state index is 0.297. The van der Waals surface area contributed by atoms with Crippen molar-refractivity contribution >= 4 is 49.9 Å². The van der Waals surface area contributed by atoms with E-state index in [-0.39, 0.29) is 0 Å². The maximum atomic E-state index is 3.54. The van der Waals surface area contributed by atoms with Crippen molar-refractivity contribution in [1.29, 1.82) is 0 Å². The molecule has 0 aliphatic rings. The van der Waals surface area contributed by atoms with Crippen LogP contribution in [0, 0.1) is 3.57 Å². The number of halogens is 2. The second-order valence-electron chi connectivity index (χ2n) is 3.69. The molecule has 1 unspecified atom stereocenters. The van der Waals surface area contributed by atoms with Gasteiger partial charge >= 0.3 is 0 Å². The first-order chi connectivity index (χ1) is 8.20. The third kappa shape index (κ3) is 3.53. The normalized spacial score (nSPS) is 12.6. The Morgan fingerprint density at radius 1 is 1.35 bits per heavy atom. The van der Waals surface area contributed by atoms with Crippen LogP contribution in [0.3, 0.4) is 0 Å². The summed E-state index contributed by atoms with van der Waals surface area (Å²) in [5.41, 5.74) is 1.33. The van der Waals surface area contributed by atoms with Gasteiger partial charge in [0.25, 0.3) is 0 Å². The number of nitrogens with one attached hydrogen (secondary N) is 1.